The zero-order valence-electron chi connectivity index (χ0n) is 19.9. The van der Waals surface area contributed by atoms with E-state index < -0.39 is 6.10 Å². The molecule has 1 fully saturated rings. The number of benzene rings is 3. The first-order valence-corrected chi connectivity index (χ1v) is 12.3. The molecule has 2 aliphatic rings. The first kappa shape index (κ1) is 24.2. The first-order valence-electron chi connectivity index (χ1n) is 11.9. The molecule has 1 N–H and O–H groups in total. The molecule has 36 heavy (non-hydrogen) atoms. The van der Waals surface area contributed by atoms with Crippen molar-refractivity contribution in [3.63, 3.8) is 0 Å². The fourth-order valence-electron chi connectivity index (χ4n) is 4.81. The summed E-state index contributed by atoms with van der Waals surface area (Å²) in [5.41, 5.74) is 4.79. The number of nitrogens with zero attached hydrogens (tertiary/aromatic N) is 2. The number of likely N-dealkylation sites (tertiary alicyclic amines) is 1. The van der Waals surface area contributed by atoms with Gasteiger partial charge in [-0.3, -0.25) is 9.29 Å². The molecule has 0 aliphatic carbocycles. The highest BCUT2D eigenvalue weighted by Crippen LogP contribution is 2.47. The Balaban J connectivity index is 1.42. The average Bonchev–Trinajstić information content (AvgIpc) is 2.86. The van der Waals surface area contributed by atoms with E-state index >= 15 is 0 Å². The molecular weight excluding hydrogens is 479 g/mol. The van der Waals surface area contributed by atoms with Gasteiger partial charge in [-0.15, -0.1) is 0 Å². The number of allylic oxidation sites excluding steroid dienone is 1. The Morgan fingerprint density at radius 2 is 1.92 bits per heavy atom. The topological polar surface area (TPSA) is 65.7 Å². The van der Waals surface area contributed by atoms with Crippen molar-refractivity contribution in [2.45, 2.75) is 13.0 Å². The molecule has 184 valence electrons. The second-order valence-corrected chi connectivity index (χ2v) is 9.63. The number of hydrogen-bond acceptors (Lipinski definition) is 5. The van der Waals surface area contributed by atoms with Crippen LogP contribution in [0.2, 0.25) is 5.02 Å². The minimum absolute atomic E-state index is 0.156. The van der Waals surface area contributed by atoms with Crippen molar-refractivity contribution in [3.8, 4) is 23.3 Å². The predicted molar refractivity (Wildman–Crippen MR) is 138 cm³/mol. The van der Waals surface area contributed by atoms with Gasteiger partial charge in [-0.2, -0.15) is 5.26 Å². The molecule has 0 aromatic heterocycles. The molecule has 0 bridgehead atoms. The van der Waals surface area contributed by atoms with Gasteiger partial charge in [-0.1, -0.05) is 29.8 Å². The van der Waals surface area contributed by atoms with Gasteiger partial charge in [-0.25, -0.2) is 0 Å². The zero-order chi connectivity index (χ0) is 25.2. The largest absolute Gasteiger partial charge is 0.508 e. The van der Waals surface area contributed by atoms with E-state index in [0.29, 0.717) is 22.9 Å². The smallest absolute Gasteiger partial charge is 0.150 e. The molecule has 1 unspecified atom stereocenters. The van der Waals surface area contributed by atoms with Crippen molar-refractivity contribution in [1.29, 1.82) is 5.26 Å². The van der Waals surface area contributed by atoms with Crippen LogP contribution in [0.15, 0.2) is 60.7 Å². The maximum Gasteiger partial charge on any atom is 0.150 e. The number of hydrogen-bond donors (Lipinski definition) is 1. The number of phenols is 1. The third kappa shape index (κ3) is 4.77. The van der Waals surface area contributed by atoms with Crippen LogP contribution in [0.1, 0.15) is 35.3 Å². The van der Waals surface area contributed by atoms with Gasteiger partial charge in [-0.05, 0) is 66.1 Å². The lowest BCUT2D eigenvalue weighted by Gasteiger charge is -2.37. The van der Waals surface area contributed by atoms with Crippen molar-refractivity contribution in [2.24, 2.45) is 5.92 Å². The summed E-state index contributed by atoms with van der Waals surface area (Å²) in [6, 6.07) is 20.4. The number of halogens is 2. The summed E-state index contributed by atoms with van der Waals surface area (Å²) < 4.78 is 25.0. The van der Waals surface area contributed by atoms with Crippen molar-refractivity contribution < 1.29 is 19.0 Å². The summed E-state index contributed by atoms with van der Waals surface area (Å²) in [7, 11) is 0. The molecule has 2 aliphatic heterocycles. The number of aromatic hydroxyl groups is 1. The van der Waals surface area contributed by atoms with E-state index in [9.17, 15) is 14.8 Å². The normalized spacial score (nSPS) is 17.7. The fourth-order valence-corrected chi connectivity index (χ4v) is 4.97. The van der Waals surface area contributed by atoms with E-state index in [1.807, 2.05) is 37.3 Å². The minimum atomic E-state index is -0.428. The van der Waals surface area contributed by atoms with Gasteiger partial charge < -0.3 is 14.6 Å². The number of nitriles is 1. The van der Waals surface area contributed by atoms with Crippen molar-refractivity contribution >= 4 is 22.7 Å². The van der Waals surface area contributed by atoms with Crippen LogP contribution >= 0.6 is 11.6 Å². The molecule has 5 nitrogen and oxygen atoms in total. The van der Waals surface area contributed by atoms with Gasteiger partial charge in [0.05, 0.1) is 17.3 Å². The second-order valence-electron chi connectivity index (χ2n) is 9.22. The second kappa shape index (κ2) is 10.2. The molecule has 0 saturated carbocycles. The van der Waals surface area contributed by atoms with E-state index in [1.54, 1.807) is 30.3 Å². The number of phenolic OH excluding ortho intramolecular Hbond substituents is 1. The molecular formula is C29H26ClFN2O3. The average molecular weight is 505 g/mol. The van der Waals surface area contributed by atoms with Crippen LogP contribution in [0.25, 0.3) is 11.1 Å². The Bertz CT molecular complexity index is 1340. The first-order chi connectivity index (χ1) is 17.5. The Hall–Kier alpha value is -3.53. The summed E-state index contributed by atoms with van der Waals surface area (Å²) in [5.74, 6) is 1.76. The van der Waals surface area contributed by atoms with E-state index in [1.165, 1.54) is 0 Å². The number of fused-ring (bicyclic) bond motifs is 1. The monoisotopic (exact) mass is 504 g/mol. The summed E-state index contributed by atoms with van der Waals surface area (Å²) in [6.45, 7) is 4.65. The molecule has 1 saturated heterocycles. The minimum Gasteiger partial charge on any atom is -0.508 e. The van der Waals surface area contributed by atoms with Crippen LogP contribution in [-0.4, -0.2) is 42.9 Å². The van der Waals surface area contributed by atoms with Gasteiger partial charge in [0.25, 0.3) is 0 Å². The van der Waals surface area contributed by atoms with Crippen molar-refractivity contribution in [2.75, 3.05) is 32.9 Å². The molecule has 5 rings (SSSR count). The maximum atomic E-state index is 12.6. The lowest BCUT2D eigenvalue weighted by atomic mass is 9.85. The molecule has 2 heterocycles. The van der Waals surface area contributed by atoms with Gasteiger partial charge in [0.15, 0.2) is 0 Å². The Morgan fingerprint density at radius 3 is 2.64 bits per heavy atom. The number of rotatable bonds is 7. The highest BCUT2D eigenvalue weighted by molar-refractivity contribution is 6.31. The van der Waals surface area contributed by atoms with Gasteiger partial charge >= 0.3 is 0 Å². The molecule has 3 aromatic carbocycles. The fraction of sp³-hybridized carbons (Fsp3) is 0.276. The van der Waals surface area contributed by atoms with Crippen LogP contribution in [0.4, 0.5) is 4.39 Å². The molecule has 0 spiro atoms. The van der Waals surface area contributed by atoms with Gasteiger partial charge in [0.2, 0.25) is 0 Å². The lowest BCUT2D eigenvalue weighted by molar-refractivity contribution is 0.0668. The Kier molecular flexibility index (Phi) is 6.86. The number of alkyl halides is 1. The zero-order valence-corrected chi connectivity index (χ0v) is 20.6. The van der Waals surface area contributed by atoms with Crippen LogP contribution < -0.4 is 9.47 Å². The Labute approximate surface area is 215 Å². The molecule has 1 atom stereocenters. The lowest BCUT2D eigenvalue weighted by Crippen LogP contribution is -2.49. The third-order valence-electron chi connectivity index (χ3n) is 6.79. The molecule has 7 heteroatoms. The van der Waals surface area contributed by atoms with Crippen LogP contribution in [0.3, 0.4) is 0 Å². The highest BCUT2D eigenvalue weighted by atomic mass is 35.5. The van der Waals surface area contributed by atoms with E-state index in [0.717, 1.165) is 53.2 Å². The van der Waals surface area contributed by atoms with E-state index in [-0.39, 0.29) is 18.3 Å². The predicted octanol–water partition coefficient (Wildman–Crippen LogP) is 6.26. The molecule has 0 amide bonds. The van der Waals surface area contributed by atoms with Crippen molar-refractivity contribution in [1.82, 2.24) is 4.90 Å². The maximum absolute atomic E-state index is 12.6. The standard InChI is InChI=1S/C29H26ClFN2O3/c1-18-25-13-23(34)5-9-27(25)36-29(28(18)21-4-8-26(30)22(12-21)15-32)20-2-6-24(7-3-20)35-11-10-33-16-19(14-31)17-33/h2-9,12-13,19,29,34H,10-11,14,16-17H2,1H3. The molecule has 0 radical (unpaired) electrons. The van der Waals surface area contributed by atoms with Crippen molar-refractivity contribution in [3.05, 3.63) is 87.9 Å². The SMILES string of the molecule is CC1=C(c2ccc(Cl)c(C#N)c2)C(c2ccc(OCCN3CC(CF)C3)cc2)Oc2ccc(O)cc21. The van der Waals surface area contributed by atoms with Crippen LogP contribution in [0.5, 0.6) is 17.2 Å². The summed E-state index contributed by atoms with van der Waals surface area (Å²) in [5, 5.41) is 20.0. The van der Waals surface area contributed by atoms with Crippen LogP contribution in [-0.2, 0) is 0 Å². The number of ether oxygens (including phenoxy) is 2. The van der Waals surface area contributed by atoms with E-state index in [2.05, 4.69) is 11.0 Å². The molecule has 3 aromatic rings. The third-order valence-corrected chi connectivity index (χ3v) is 7.12. The Morgan fingerprint density at radius 1 is 1.14 bits per heavy atom. The quantitative estimate of drug-likeness (QED) is 0.411. The summed E-state index contributed by atoms with van der Waals surface area (Å²) in [6.07, 6.45) is -0.428. The van der Waals surface area contributed by atoms with Gasteiger partial charge in [0.1, 0.15) is 36.0 Å². The summed E-state index contributed by atoms with van der Waals surface area (Å²) >= 11 is 6.20. The van der Waals surface area contributed by atoms with E-state index in [4.69, 9.17) is 21.1 Å². The van der Waals surface area contributed by atoms with Gasteiger partial charge in [0, 0.05) is 36.7 Å². The highest BCUT2D eigenvalue weighted by Gasteiger charge is 2.30. The van der Waals surface area contributed by atoms with Crippen LogP contribution in [0, 0.1) is 17.2 Å². The summed E-state index contributed by atoms with van der Waals surface area (Å²) in [4.78, 5) is 2.19.